The van der Waals surface area contributed by atoms with Crippen molar-refractivity contribution < 1.29 is 14.3 Å². The second-order valence-electron chi connectivity index (χ2n) is 7.73. The molecule has 0 radical (unpaired) electrons. The van der Waals surface area contributed by atoms with E-state index in [0.717, 1.165) is 12.1 Å². The molecule has 0 saturated carbocycles. The third kappa shape index (κ3) is 3.00. The van der Waals surface area contributed by atoms with Gasteiger partial charge in [0.25, 0.3) is 5.91 Å². The second-order valence-corrected chi connectivity index (χ2v) is 7.73. The molecule has 3 heterocycles. The molecular formula is C20H23N3O3. The third-order valence-corrected chi connectivity index (χ3v) is 5.08. The van der Waals surface area contributed by atoms with Gasteiger partial charge in [0.15, 0.2) is 5.78 Å². The Morgan fingerprint density at radius 1 is 1.38 bits per heavy atom. The monoisotopic (exact) mass is 353 g/mol. The molecular weight excluding hydrogens is 330 g/mol. The predicted octanol–water partition coefficient (Wildman–Crippen LogP) is 2.86. The molecule has 1 aromatic carbocycles. The highest BCUT2D eigenvalue weighted by molar-refractivity contribution is 6.00. The van der Waals surface area contributed by atoms with Crippen LogP contribution in [0.25, 0.3) is 0 Å². The summed E-state index contributed by atoms with van der Waals surface area (Å²) in [6.07, 6.45) is 1.83. The Balaban J connectivity index is 1.49. The Bertz CT molecular complexity index is 857. The highest BCUT2D eigenvalue weighted by Crippen LogP contribution is 2.38. The Labute approximate surface area is 152 Å². The number of amides is 1. The number of benzene rings is 1. The van der Waals surface area contributed by atoms with E-state index in [2.05, 4.69) is 24.0 Å². The van der Waals surface area contributed by atoms with Crippen molar-refractivity contribution in [2.75, 3.05) is 13.1 Å². The van der Waals surface area contributed by atoms with Gasteiger partial charge in [-0.05, 0) is 30.5 Å². The van der Waals surface area contributed by atoms with Crippen LogP contribution in [0.1, 0.15) is 53.2 Å². The minimum atomic E-state index is -0.613. The van der Waals surface area contributed by atoms with Gasteiger partial charge in [-0.1, -0.05) is 26.0 Å². The Kier molecular flexibility index (Phi) is 4.05. The lowest BCUT2D eigenvalue weighted by molar-refractivity contribution is 0.0427. The number of likely N-dealkylation sites (tertiary alicyclic amines) is 1. The SMILES string of the molecule is CC(C)Cc1cc(C(=O)N2CC[C@]3(CC(=O)c4ccccc4O3)C2)n[nH]1. The quantitative estimate of drug-likeness (QED) is 0.921. The maximum atomic E-state index is 12.8. The molecule has 0 unspecified atom stereocenters. The molecule has 1 fully saturated rings. The fourth-order valence-electron chi connectivity index (χ4n) is 3.87. The summed E-state index contributed by atoms with van der Waals surface area (Å²) in [4.78, 5) is 27.0. The molecule has 1 N–H and O–H groups in total. The van der Waals surface area contributed by atoms with Gasteiger partial charge in [0.2, 0.25) is 0 Å². The summed E-state index contributed by atoms with van der Waals surface area (Å²) < 4.78 is 6.18. The number of ketones is 1. The summed E-state index contributed by atoms with van der Waals surface area (Å²) in [5.41, 5.74) is 1.42. The fraction of sp³-hybridized carbons (Fsp3) is 0.450. The number of Topliss-reactive ketones (excluding diaryl/α,β-unsaturated/α-hetero) is 1. The number of fused-ring (bicyclic) bond motifs is 1. The number of aromatic amines is 1. The molecule has 4 rings (SSSR count). The molecule has 2 aliphatic rings. The average molecular weight is 353 g/mol. The largest absolute Gasteiger partial charge is 0.484 e. The van der Waals surface area contributed by atoms with Crippen LogP contribution in [0, 0.1) is 5.92 Å². The molecule has 2 aliphatic heterocycles. The number of nitrogens with one attached hydrogen (secondary N) is 1. The second kappa shape index (κ2) is 6.27. The molecule has 0 aliphatic carbocycles. The van der Waals surface area contributed by atoms with E-state index in [-0.39, 0.29) is 11.7 Å². The summed E-state index contributed by atoms with van der Waals surface area (Å²) in [6, 6.07) is 9.15. The van der Waals surface area contributed by atoms with E-state index in [4.69, 9.17) is 4.74 Å². The first kappa shape index (κ1) is 16.8. The molecule has 0 bridgehead atoms. The number of para-hydroxylation sites is 1. The first-order valence-electron chi connectivity index (χ1n) is 9.11. The Morgan fingerprint density at radius 3 is 3.00 bits per heavy atom. The number of hydrogen-bond acceptors (Lipinski definition) is 4. The van der Waals surface area contributed by atoms with Gasteiger partial charge in [-0.25, -0.2) is 0 Å². The van der Waals surface area contributed by atoms with E-state index in [9.17, 15) is 9.59 Å². The van der Waals surface area contributed by atoms with Crippen molar-refractivity contribution in [2.45, 2.75) is 38.7 Å². The molecule has 1 atom stereocenters. The smallest absolute Gasteiger partial charge is 0.274 e. The van der Waals surface area contributed by atoms with Gasteiger partial charge in [0.1, 0.15) is 17.0 Å². The van der Waals surface area contributed by atoms with E-state index in [1.165, 1.54) is 0 Å². The van der Waals surface area contributed by atoms with Gasteiger partial charge < -0.3 is 9.64 Å². The first-order chi connectivity index (χ1) is 12.5. The minimum absolute atomic E-state index is 0.0835. The zero-order valence-electron chi connectivity index (χ0n) is 15.1. The van der Waals surface area contributed by atoms with Crippen molar-refractivity contribution in [3.05, 3.63) is 47.3 Å². The first-order valence-corrected chi connectivity index (χ1v) is 9.11. The normalized spacial score (nSPS) is 22.0. The molecule has 26 heavy (non-hydrogen) atoms. The van der Waals surface area contributed by atoms with Gasteiger partial charge in [0, 0.05) is 18.7 Å². The Hall–Kier alpha value is -2.63. The highest BCUT2D eigenvalue weighted by atomic mass is 16.5. The van der Waals surface area contributed by atoms with Gasteiger partial charge in [-0.2, -0.15) is 5.10 Å². The maximum Gasteiger partial charge on any atom is 0.274 e. The van der Waals surface area contributed by atoms with Crippen LogP contribution in [0.2, 0.25) is 0 Å². The van der Waals surface area contributed by atoms with Gasteiger partial charge in [-0.3, -0.25) is 14.7 Å². The van der Waals surface area contributed by atoms with Gasteiger partial charge in [-0.15, -0.1) is 0 Å². The van der Waals surface area contributed by atoms with Crippen LogP contribution >= 0.6 is 0 Å². The van der Waals surface area contributed by atoms with Crippen LogP contribution in [0.3, 0.4) is 0 Å². The fourth-order valence-corrected chi connectivity index (χ4v) is 3.87. The lowest BCUT2D eigenvalue weighted by atomic mass is 9.89. The number of nitrogens with zero attached hydrogens (tertiary/aromatic N) is 2. The molecule has 6 heteroatoms. The van der Waals surface area contributed by atoms with Gasteiger partial charge >= 0.3 is 0 Å². The summed E-state index contributed by atoms with van der Waals surface area (Å²) >= 11 is 0. The number of rotatable bonds is 3. The van der Waals surface area contributed by atoms with E-state index in [0.29, 0.717) is 48.9 Å². The number of carbonyl (C=O) groups excluding carboxylic acids is 2. The van der Waals surface area contributed by atoms with Gasteiger partial charge in [0.05, 0.1) is 18.5 Å². The van der Waals surface area contributed by atoms with E-state index < -0.39 is 5.60 Å². The third-order valence-electron chi connectivity index (χ3n) is 5.08. The highest BCUT2D eigenvalue weighted by Gasteiger charge is 2.47. The summed E-state index contributed by atoms with van der Waals surface area (Å²) in [5.74, 6) is 1.09. The van der Waals surface area contributed by atoms with Crippen LogP contribution in [0.15, 0.2) is 30.3 Å². The molecule has 1 saturated heterocycles. The van der Waals surface area contributed by atoms with E-state index in [1.807, 2.05) is 24.3 Å². The van der Waals surface area contributed by atoms with Crippen LogP contribution in [0.5, 0.6) is 5.75 Å². The zero-order valence-corrected chi connectivity index (χ0v) is 15.1. The van der Waals surface area contributed by atoms with Crippen molar-refractivity contribution in [3.8, 4) is 5.75 Å². The van der Waals surface area contributed by atoms with E-state index in [1.54, 1.807) is 11.0 Å². The minimum Gasteiger partial charge on any atom is -0.484 e. The number of carbonyl (C=O) groups is 2. The Morgan fingerprint density at radius 2 is 2.19 bits per heavy atom. The molecule has 2 aromatic rings. The maximum absolute atomic E-state index is 12.8. The molecule has 136 valence electrons. The number of ether oxygens (including phenoxy) is 1. The van der Waals surface area contributed by atoms with Crippen molar-refractivity contribution in [1.82, 2.24) is 15.1 Å². The molecule has 1 spiro atoms. The zero-order chi connectivity index (χ0) is 18.3. The van der Waals surface area contributed by atoms with Crippen molar-refractivity contribution in [1.29, 1.82) is 0 Å². The lowest BCUT2D eigenvalue weighted by Gasteiger charge is -2.34. The van der Waals surface area contributed by atoms with Crippen LogP contribution in [0.4, 0.5) is 0 Å². The molecule has 1 amide bonds. The van der Waals surface area contributed by atoms with Crippen LogP contribution < -0.4 is 4.74 Å². The average Bonchev–Trinajstić information content (AvgIpc) is 3.21. The van der Waals surface area contributed by atoms with Crippen molar-refractivity contribution >= 4 is 11.7 Å². The topological polar surface area (TPSA) is 75.3 Å². The van der Waals surface area contributed by atoms with Crippen molar-refractivity contribution in [3.63, 3.8) is 0 Å². The standard InChI is InChI=1S/C20H23N3O3/c1-13(2)9-14-10-16(22-21-14)19(25)23-8-7-20(12-23)11-17(24)15-5-3-4-6-18(15)26-20/h3-6,10,13H,7-9,11-12H2,1-2H3,(H,21,22)/t20-/m0/s1. The van der Waals surface area contributed by atoms with E-state index >= 15 is 0 Å². The summed E-state index contributed by atoms with van der Waals surface area (Å²) in [5, 5.41) is 7.12. The molecule has 6 nitrogen and oxygen atoms in total. The molecule has 1 aromatic heterocycles. The van der Waals surface area contributed by atoms with Crippen LogP contribution in [-0.2, 0) is 6.42 Å². The predicted molar refractivity (Wildman–Crippen MR) is 96.4 cm³/mol. The number of hydrogen-bond donors (Lipinski definition) is 1. The van der Waals surface area contributed by atoms with Crippen molar-refractivity contribution in [2.24, 2.45) is 5.92 Å². The van der Waals surface area contributed by atoms with Crippen LogP contribution in [-0.4, -0.2) is 45.5 Å². The lowest BCUT2D eigenvalue weighted by Crippen LogP contribution is -2.45. The summed E-state index contributed by atoms with van der Waals surface area (Å²) in [7, 11) is 0. The number of H-pyrrole nitrogens is 1. The number of aromatic nitrogens is 2. The summed E-state index contributed by atoms with van der Waals surface area (Å²) in [6.45, 7) is 5.24.